The van der Waals surface area contributed by atoms with Crippen LogP contribution in [0.3, 0.4) is 0 Å². The Morgan fingerprint density at radius 1 is 0.833 bits per heavy atom. The number of rotatable bonds is 18. The number of hydrogen-bond acceptors (Lipinski definition) is 12. The van der Waals surface area contributed by atoms with Crippen LogP contribution in [0.4, 0.5) is 0 Å². The second-order valence-electron chi connectivity index (χ2n) is 9.16. The summed E-state index contributed by atoms with van der Waals surface area (Å²) in [5, 5.41) is 49.9. The van der Waals surface area contributed by atoms with Crippen LogP contribution in [-0.2, 0) is 28.8 Å². The second kappa shape index (κ2) is 13.2. The van der Waals surface area contributed by atoms with Gasteiger partial charge in [-0.2, -0.15) is 0 Å². The molecule has 0 aliphatic rings. The zero-order chi connectivity index (χ0) is 28.6. The fraction of sp³-hybridized carbons (Fsp3) is 0.739. The molecule has 0 saturated carbocycles. The average molecular weight is 518 g/mol. The monoisotopic (exact) mass is 517 g/mol. The Balaban J connectivity index is 6.86. The van der Waals surface area contributed by atoms with Crippen molar-refractivity contribution >= 4 is 34.9 Å². The summed E-state index contributed by atoms with van der Waals surface area (Å²) in [5.74, 6) is -9.59. The Labute approximate surface area is 210 Å². The normalized spacial score (nSPS) is 19.1. The Bertz CT molecular complexity index is 874. The van der Waals surface area contributed by atoms with E-state index in [-0.39, 0.29) is 0 Å². The number of aliphatic carboxylic acids is 1. The first kappa shape index (κ1) is 33.6. The number of aliphatic hydroxyl groups is 3. The third-order valence-corrected chi connectivity index (χ3v) is 6.41. The van der Waals surface area contributed by atoms with Gasteiger partial charge in [0.15, 0.2) is 34.3 Å². The lowest BCUT2D eigenvalue weighted by atomic mass is 9.72. The highest BCUT2D eigenvalue weighted by molar-refractivity contribution is 6.25. The lowest BCUT2D eigenvalue weighted by Crippen LogP contribution is -2.66. The predicted octanol–water partition coefficient (Wildman–Crippen LogP) is -2.63. The minimum atomic E-state index is -3.58. The standard InChI is InChI=1S/C23H39N3O10/c1-8-12(2)16(26-7)18(30)22(35,10-15(28)21(4,34)17(29)13(3)25-6)19(31)23(36,20(32)33)9-14(27)11-24-5/h12-13,16,24-26,34-36H,8-11H2,1-7H3,(H,32,33)/t12?,13-,16-,21?,22?,23?/m0/s1. The van der Waals surface area contributed by atoms with Gasteiger partial charge in [-0.15, -0.1) is 0 Å². The van der Waals surface area contributed by atoms with Crippen LogP contribution in [0.5, 0.6) is 0 Å². The van der Waals surface area contributed by atoms with Gasteiger partial charge in [0, 0.05) is 0 Å². The zero-order valence-corrected chi connectivity index (χ0v) is 21.8. The van der Waals surface area contributed by atoms with Crippen LogP contribution in [0, 0.1) is 5.92 Å². The SMILES string of the molecule is CCC(C)[C@H](NC)C(=O)C(O)(CC(=O)C(C)(O)C(=O)[C@H](C)NC)C(=O)C(O)(CC(=O)CNC)C(=O)O. The number of Topliss-reactive ketones (excluding diaryl/α,β-unsaturated/α-hetero) is 5. The predicted molar refractivity (Wildman–Crippen MR) is 127 cm³/mol. The van der Waals surface area contributed by atoms with Crippen molar-refractivity contribution in [2.45, 2.75) is 75.8 Å². The molecule has 13 nitrogen and oxygen atoms in total. The van der Waals surface area contributed by atoms with Crippen molar-refractivity contribution in [1.29, 1.82) is 0 Å². The maximum absolute atomic E-state index is 13.5. The van der Waals surface area contributed by atoms with Gasteiger partial charge in [-0.05, 0) is 40.9 Å². The van der Waals surface area contributed by atoms with Crippen molar-refractivity contribution in [1.82, 2.24) is 16.0 Å². The van der Waals surface area contributed by atoms with E-state index < -0.39 is 89.1 Å². The Morgan fingerprint density at radius 3 is 1.75 bits per heavy atom. The molecule has 0 radical (unpaired) electrons. The molecule has 0 saturated heterocycles. The van der Waals surface area contributed by atoms with Crippen LogP contribution >= 0.6 is 0 Å². The number of carbonyl (C=O) groups is 6. The molecule has 0 aromatic rings. The number of ketones is 5. The van der Waals surface area contributed by atoms with Crippen LogP contribution in [0.15, 0.2) is 0 Å². The Kier molecular flexibility index (Phi) is 12.3. The highest BCUT2D eigenvalue weighted by atomic mass is 16.4. The van der Waals surface area contributed by atoms with Crippen LogP contribution in [0.25, 0.3) is 0 Å². The summed E-state index contributed by atoms with van der Waals surface area (Å²) in [4.78, 5) is 76.5. The number of carboxylic acid groups (broad SMARTS) is 1. The van der Waals surface area contributed by atoms with Gasteiger partial charge in [-0.3, -0.25) is 24.0 Å². The van der Waals surface area contributed by atoms with Gasteiger partial charge in [0.25, 0.3) is 0 Å². The van der Waals surface area contributed by atoms with Crippen molar-refractivity contribution in [3.63, 3.8) is 0 Å². The van der Waals surface area contributed by atoms with E-state index in [1.54, 1.807) is 13.8 Å². The van der Waals surface area contributed by atoms with Gasteiger partial charge in [0.2, 0.25) is 11.4 Å². The van der Waals surface area contributed by atoms with E-state index in [0.29, 0.717) is 6.42 Å². The first-order chi connectivity index (χ1) is 16.4. The molecule has 13 heteroatoms. The number of nitrogens with one attached hydrogen (secondary N) is 3. The van der Waals surface area contributed by atoms with E-state index in [4.69, 9.17) is 0 Å². The molecule has 206 valence electrons. The highest BCUT2D eigenvalue weighted by Gasteiger charge is 2.61. The van der Waals surface area contributed by atoms with Crippen molar-refractivity contribution in [3.05, 3.63) is 0 Å². The molecular weight excluding hydrogens is 478 g/mol. The first-order valence-corrected chi connectivity index (χ1v) is 11.5. The Hall–Kier alpha value is -2.42. The van der Waals surface area contributed by atoms with Crippen molar-refractivity contribution < 1.29 is 49.2 Å². The molecule has 36 heavy (non-hydrogen) atoms. The van der Waals surface area contributed by atoms with Crippen molar-refractivity contribution in [2.75, 3.05) is 27.7 Å². The molecule has 7 N–H and O–H groups in total. The van der Waals surface area contributed by atoms with Crippen LogP contribution in [0.1, 0.15) is 47.0 Å². The average Bonchev–Trinajstić information content (AvgIpc) is 2.82. The molecule has 0 bridgehead atoms. The molecule has 0 spiro atoms. The molecule has 0 aliphatic carbocycles. The summed E-state index contributed by atoms with van der Waals surface area (Å²) in [5.41, 5.74) is -9.87. The van der Waals surface area contributed by atoms with Crippen LogP contribution in [-0.4, -0.2) is 112 Å². The molecule has 0 amide bonds. The molecule has 0 fully saturated rings. The molecular formula is C23H39N3O10. The van der Waals surface area contributed by atoms with Gasteiger partial charge in [0.05, 0.1) is 31.5 Å². The van der Waals surface area contributed by atoms with Gasteiger partial charge < -0.3 is 36.4 Å². The quantitative estimate of drug-likeness (QED) is 0.0926. The Morgan fingerprint density at radius 2 is 1.36 bits per heavy atom. The molecule has 0 aromatic carbocycles. The van der Waals surface area contributed by atoms with E-state index in [0.717, 1.165) is 6.92 Å². The summed E-state index contributed by atoms with van der Waals surface area (Å²) in [7, 11) is 4.06. The summed E-state index contributed by atoms with van der Waals surface area (Å²) in [6, 6.07) is -2.33. The van der Waals surface area contributed by atoms with Gasteiger partial charge in [-0.1, -0.05) is 20.3 Å². The minimum absolute atomic E-state index is 0.356. The number of carboxylic acids is 1. The van der Waals surface area contributed by atoms with E-state index >= 15 is 0 Å². The summed E-state index contributed by atoms with van der Waals surface area (Å²) in [6.45, 7) is 4.99. The van der Waals surface area contributed by atoms with Crippen LogP contribution < -0.4 is 16.0 Å². The largest absolute Gasteiger partial charge is 0.479 e. The lowest BCUT2D eigenvalue weighted by Gasteiger charge is -2.36. The van der Waals surface area contributed by atoms with Gasteiger partial charge in [-0.25, -0.2) is 4.79 Å². The number of likely N-dealkylation sites (N-methyl/N-ethyl adjacent to an activating group) is 3. The van der Waals surface area contributed by atoms with Crippen molar-refractivity contribution in [2.24, 2.45) is 5.92 Å². The van der Waals surface area contributed by atoms with Gasteiger partial charge in [0.1, 0.15) is 0 Å². The van der Waals surface area contributed by atoms with E-state index in [1.807, 2.05) is 0 Å². The second-order valence-corrected chi connectivity index (χ2v) is 9.16. The molecule has 6 atom stereocenters. The van der Waals surface area contributed by atoms with E-state index in [2.05, 4.69) is 16.0 Å². The van der Waals surface area contributed by atoms with Crippen LogP contribution in [0.2, 0.25) is 0 Å². The third kappa shape index (κ3) is 7.08. The molecule has 0 aromatic heterocycles. The fourth-order valence-electron chi connectivity index (χ4n) is 3.68. The van der Waals surface area contributed by atoms with E-state index in [1.165, 1.54) is 28.1 Å². The van der Waals surface area contributed by atoms with E-state index in [9.17, 15) is 49.2 Å². The maximum Gasteiger partial charge on any atom is 0.344 e. The number of hydrogen-bond donors (Lipinski definition) is 7. The van der Waals surface area contributed by atoms with Gasteiger partial charge >= 0.3 is 5.97 Å². The number of carbonyl (C=O) groups excluding carboxylic acids is 5. The smallest absolute Gasteiger partial charge is 0.344 e. The third-order valence-electron chi connectivity index (χ3n) is 6.41. The maximum atomic E-state index is 13.5. The fourth-order valence-corrected chi connectivity index (χ4v) is 3.68. The topological polar surface area (TPSA) is 219 Å². The summed E-state index contributed by atoms with van der Waals surface area (Å²) >= 11 is 0. The lowest BCUT2D eigenvalue weighted by molar-refractivity contribution is -0.181. The molecule has 0 rings (SSSR count). The van der Waals surface area contributed by atoms with Crippen molar-refractivity contribution in [3.8, 4) is 0 Å². The highest BCUT2D eigenvalue weighted by Crippen LogP contribution is 2.30. The summed E-state index contributed by atoms with van der Waals surface area (Å²) < 4.78 is 0. The molecule has 0 aliphatic heterocycles. The zero-order valence-electron chi connectivity index (χ0n) is 21.8. The molecule has 4 unspecified atom stereocenters. The minimum Gasteiger partial charge on any atom is -0.479 e. The molecule has 0 heterocycles. The first-order valence-electron chi connectivity index (χ1n) is 11.5. The summed E-state index contributed by atoms with van der Waals surface area (Å²) in [6.07, 6.45) is -2.48.